The third kappa shape index (κ3) is 2.81. The lowest BCUT2D eigenvalue weighted by Crippen LogP contribution is -2.41. The zero-order valence-corrected chi connectivity index (χ0v) is 11.0. The standard InChI is InChI=1S/C16H22NO/c1-2-11-16(12-7-4-8-13-16)17(18)14-15-9-5-3-6-10-15/h2-3,5-6,9-11,14,18H,4,7-8,12-13H2,1H3/q+1. The highest BCUT2D eigenvalue weighted by molar-refractivity contribution is 5.75. The van der Waals surface area contributed by atoms with Gasteiger partial charge < -0.3 is 0 Å². The predicted octanol–water partition coefficient (Wildman–Crippen LogP) is 3.79. The SMILES string of the molecule is CC=CC1([N+](O)=Cc2ccccc2)CCCCC1. The largest absolute Gasteiger partial charge is 0.290 e. The molecule has 0 bridgehead atoms. The van der Waals surface area contributed by atoms with Crippen LogP contribution in [0.4, 0.5) is 0 Å². The van der Waals surface area contributed by atoms with Gasteiger partial charge in [-0.2, -0.15) is 0 Å². The highest BCUT2D eigenvalue weighted by Crippen LogP contribution is 2.32. The molecule has 0 heterocycles. The van der Waals surface area contributed by atoms with Gasteiger partial charge >= 0.3 is 0 Å². The Bertz CT molecular complexity index is 428. The van der Waals surface area contributed by atoms with Gasteiger partial charge in [0, 0.05) is 18.4 Å². The summed E-state index contributed by atoms with van der Waals surface area (Å²) in [6.45, 7) is 2.02. The first kappa shape index (κ1) is 12.9. The van der Waals surface area contributed by atoms with Crippen molar-refractivity contribution in [2.24, 2.45) is 0 Å². The molecule has 0 radical (unpaired) electrons. The van der Waals surface area contributed by atoms with Crippen LogP contribution in [0.2, 0.25) is 0 Å². The maximum absolute atomic E-state index is 10.4. The molecule has 0 unspecified atom stereocenters. The molecule has 1 fully saturated rings. The first-order chi connectivity index (χ1) is 8.77. The molecule has 0 aliphatic heterocycles. The van der Waals surface area contributed by atoms with Crippen LogP contribution in [0.5, 0.6) is 0 Å². The molecule has 96 valence electrons. The van der Waals surface area contributed by atoms with E-state index in [-0.39, 0.29) is 5.54 Å². The van der Waals surface area contributed by atoms with Crippen LogP contribution in [0.3, 0.4) is 0 Å². The maximum atomic E-state index is 10.4. The van der Waals surface area contributed by atoms with E-state index >= 15 is 0 Å². The van der Waals surface area contributed by atoms with Crippen LogP contribution < -0.4 is 0 Å². The van der Waals surface area contributed by atoms with Crippen molar-refractivity contribution in [1.29, 1.82) is 0 Å². The van der Waals surface area contributed by atoms with Gasteiger partial charge in [0.15, 0.2) is 0 Å². The molecule has 1 aliphatic rings. The van der Waals surface area contributed by atoms with Crippen molar-refractivity contribution in [1.82, 2.24) is 0 Å². The summed E-state index contributed by atoms with van der Waals surface area (Å²) in [5, 5.41) is 10.4. The van der Waals surface area contributed by atoms with Crippen molar-refractivity contribution >= 4 is 6.21 Å². The number of benzene rings is 1. The topological polar surface area (TPSA) is 23.2 Å². The second kappa shape index (κ2) is 5.85. The molecule has 1 aromatic carbocycles. The monoisotopic (exact) mass is 244 g/mol. The number of rotatable bonds is 3. The van der Waals surface area contributed by atoms with Crippen molar-refractivity contribution in [3.8, 4) is 0 Å². The summed E-state index contributed by atoms with van der Waals surface area (Å²) in [6, 6.07) is 9.98. The van der Waals surface area contributed by atoms with Crippen molar-refractivity contribution in [2.75, 3.05) is 0 Å². The van der Waals surface area contributed by atoms with Gasteiger partial charge in [-0.3, -0.25) is 5.21 Å². The van der Waals surface area contributed by atoms with E-state index < -0.39 is 0 Å². The lowest BCUT2D eigenvalue weighted by Gasteiger charge is -2.27. The minimum atomic E-state index is -0.206. The van der Waals surface area contributed by atoms with Gasteiger partial charge in [0.25, 0.3) is 0 Å². The molecule has 0 atom stereocenters. The zero-order chi connectivity index (χ0) is 12.8. The molecule has 18 heavy (non-hydrogen) atoms. The minimum Gasteiger partial charge on any atom is -0.290 e. The fourth-order valence-electron chi connectivity index (χ4n) is 2.76. The van der Waals surface area contributed by atoms with E-state index in [1.54, 1.807) is 0 Å². The van der Waals surface area contributed by atoms with E-state index in [2.05, 4.69) is 6.08 Å². The van der Waals surface area contributed by atoms with Gasteiger partial charge in [-0.1, -0.05) is 30.7 Å². The van der Waals surface area contributed by atoms with Crippen molar-refractivity contribution < 1.29 is 9.95 Å². The van der Waals surface area contributed by atoms with E-state index in [1.807, 2.05) is 49.5 Å². The van der Waals surface area contributed by atoms with E-state index in [0.717, 1.165) is 18.4 Å². The summed E-state index contributed by atoms with van der Waals surface area (Å²) in [5.41, 5.74) is 0.831. The molecule has 0 saturated heterocycles. The first-order valence-electron chi connectivity index (χ1n) is 6.79. The van der Waals surface area contributed by atoms with Crippen molar-refractivity contribution in [3.05, 3.63) is 48.0 Å². The lowest BCUT2D eigenvalue weighted by atomic mass is 9.81. The van der Waals surface area contributed by atoms with Crippen LogP contribution in [-0.4, -0.2) is 21.7 Å². The Kier molecular flexibility index (Phi) is 4.19. The van der Waals surface area contributed by atoms with Crippen molar-refractivity contribution in [2.45, 2.75) is 44.6 Å². The average Bonchev–Trinajstić information content (AvgIpc) is 2.41. The van der Waals surface area contributed by atoms with Crippen LogP contribution >= 0.6 is 0 Å². The number of nitrogens with zero attached hydrogens (tertiary/aromatic N) is 1. The summed E-state index contributed by atoms with van der Waals surface area (Å²) < 4.78 is 1.42. The van der Waals surface area contributed by atoms with Gasteiger partial charge in [-0.25, -0.2) is 0 Å². The first-order valence-corrected chi connectivity index (χ1v) is 6.79. The van der Waals surface area contributed by atoms with Gasteiger partial charge in [0.1, 0.15) is 0 Å². The smallest absolute Gasteiger partial charge is 0.229 e. The normalized spacial score (nSPS) is 20.2. The van der Waals surface area contributed by atoms with Crippen LogP contribution in [0, 0.1) is 0 Å². The van der Waals surface area contributed by atoms with E-state index in [9.17, 15) is 5.21 Å². The number of hydrogen-bond donors (Lipinski definition) is 1. The quantitative estimate of drug-likeness (QED) is 0.282. The molecule has 1 aliphatic carbocycles. The fourth-order valence-corrected chi connectivity index (χ4v) is 2.76. The molecule has 2 rings (SSSR count). The maximum Gasteiger partial charge on any atom is 0.229 e. The number of hydroxylamine groups is 1. The van der Waals surface area contributed by atoms with Gasteiger partial charge in [-0.05, 0) is 42.7 Å². The molecule has 1 saturated carbocycles. The molecular weight excluding hydrogens is 222 g/mol. The van der Waals surface area contributed by atoms with Crippen LogP contribution in [0.15, 0.2) is 42.5 Å². The molecule has 0 amide bonds. The third-order valence-electron chi connectivity index (χ3n) is 3.72. The molecule has 2 heteroatoms. The lowest BCUT2D eigenvalue weighted by molar-refractivity contribution is -0.817. The Morgan fingerprint density at radius 2 is 1.78 bits per heavy atom. The summed E-state index contributed by atoms with van der Waals surface area (Å²) in [6.07, 6.45) is 11.7. The molecule has 1 N–H and O–H groups in total. The summed E-state index contributed by atoms with van der Waals surface area (Å²) >= 11 is 0. The average molecular weight is 244 g/mol. The van der Waals surface area contributed by atoms with E-state index in [0.29, 0.717) is 0 Å². The summed E-state index contributed by atoms with van der Waals surface area (Å²) in [7, 11) is 0. The predicted molar refractivity (Wildman–Crippen MR) is 74.3 cm³/mol. The highest BCUT2D eigenvalue weighted by Gasteiger charge is 2.41. The van der Waals surface area contributed by atoms with Gasteiger partial charge in [-0.15, -0.1) is 0 Å². The molecule has 1 aromatic rings. The molecule has 0 aromatic heterocycles. The highest BCUT2D eigenvalue weighted by atomic mass is 16.5. The second-order valence-electron chi connectivity index (χ2n) is 5.05. The van der Waals surface area contributed by atoms with E-state index in [1.165, 1.54) is 24.0 Å². The minimum absolute atomic E-state index is 0.206. The van der Waals surface area contributed by atoms with Crippen LogP contribution in [0.25, 0.3) is 0 Å². The molecular formula is C16H22NO+. The Morgan fingerprint density at radius 3 is 2.39 bits per heavy atom. The second-order valence-corrected chi connectivity index (χ2v) is 5.05. The van der Waals surface area contributed by atoms with Gasteiger partial charge in [0.2, 0.25) is 11.8 Å². The zero-order valence-electron chi connectivity index (χ0n) is 11.0. The number of hydrogen-bond acceptors (Lipinski definition) is 1. The van der Waals surface area contributed by atoms with E-state index in [4.69, 9.17) is 0 Å². The third-order valence-corrected chi connectivity index (χ3v) is 3.72. The fraction of sp³-hybridized carbons (Fsp3) is 0.438. The summed E-state index contributed by atoms with van der Waals surface area (Å²) in [4.78, 5) is 0. The van der Waals surface area contributed by atoms with Gasteiger partial charge in [0.05, 0.1) is 0 Å². The van der Waals surface area contributed by atoms with Crippen LogP contribution in [-0.2, 0) is 0 Å². The Balaban J connectivity index is 2.28. The van der Waals surface area contributed by atoms with Crippen LogP contribution in [0.1, 0.15) is 44.6 Å². The number of allylic oxidation sites excluding steroid dienone is 1. The Morgan fingerprint density at radius 1 is 1.11 bits per heavy atom. The Labute approximate surface area is 109 Å². The molecule has 2 nitrogen and oxygen atoms in total. The Hall–Kier alpha value is -1.57. The molecule has 0 spiro atoms. The van der Waals surface area contributed by atoms with Crippen molar-refractivity contribution in [3.63, 3.8) is 0 Å². The summed E-state index contributed by atoms with van der Waals surface area (Å²) in [5.74, 6) is 0.